The summed E-state index contributed by atoms with van der Waals surface area (Å²) in [5.41, 5.74) is 0. The monoisotopic (exact) mass is 282 g/mol. The van der Waals surface area contributed by atoms with E-state index in [0.29, 0.717) is 11.8 Å². The van der Waals surface area contributed by atoms with Crippen molar-refractivity contribution >= 4 is 17.9 Å². The van der Waals surface area contributed by atoms with Gasteiger partial charge in [-0.3, -0.25) is 14.9 Å². The number of nitrogens with zero attached hydrogens (tertiary/aromatic N) is 1. The van der Waals surface area contributed by atoms with Gasteiger partial charge in [0.05, 0.1) is 0 Å². The third kappa shape index (κ3) is 5.59. The van der Waals surface area contributed by atoms with Gasteiger partial charge in [-0.2, -0.15) is 0 Å². The van der Waals surface area contributed by atoms with Crippen LogP contribution in [0.25, 0.3) is 0 Å². The molecular weight excluding hydrogens is 260 g/mol. The van der Waals surface area contributed by atoms with Crippen LogP contribution in [0.4, 0.5) is 4.79 Å². The van der Waals surface area contributed by atoms with E-state index in [4.69, 9.17) is 5.11 Å². The van der Waals surface area contributed by atoms with E-state index in [0.717, 1.165) is 13.1 Å². The zero-order chi connectivity index (χ0) is 14.5. The summed E-state index contributed by atoms with van der Waals surface area (Å²) in [5.74, 6) is -0.107. The van der Waals surface area contributed by atoms with Crippen LogP contribution in [0, 0.1) is 11.8 Å². The van der Waals surface area contributed by atoms with Crippen LogP contribution in [0.3, 0.4) is 0 Å². The van der Waals surface area contributed by atoms with Crippen LogP contribution in [0.2, 0.25) is 0 Å². The smallest absolute Gasteiger partial charge is 0.324 e. The first-order chi connectivity index (χ1) is 9.54. The predicted octanol–water partition coefficient (Wildman–Crippen LogP) is 1.60. The number of aliphatic carboxylic acids is 1. The van der Waals surface area contributed by atoms with Gasteiger partial charge < -0.3 is 10.0 Å². The first-order valence-electron chi connectivity index (χ1n) is 7.35. The molecule has 0 atom stereocenters. The molecule has 3 amide bonds. The predicted molar refractivity (Wildman–Crippen MR) is 72.0 cm³/mol. The molecule has 2 saturated carbocycles. The third-order valence-corrected chi connectivity index (χ3v) is 3.68. The molecule has 2 rings (SSSR count). The molecule has 0 saturated heterocycles. The average Bonchev–Trinajstić information content (AvgIpc) is 3.22. The minimum atomic E-state index is -0.923. The fourth-order valence-corrected chi connectivity index (χ4v) is 2.13. The minimum Gasteiger partial charge on any atom is -0.481 e. The normalized spacial score (nSPS) is 17.6. The molecule has 0 aromatic carbocycles. The molecule has 0 bridgehead atoms. The van der Waals surface area contributed by atoms with E-state index in [1.807, 2.05) is 0 Å². The highest BCUT2D eigenvalue weighted by molar-refractivity contribution is 5.94. The van der Waals surface area contributed by atoms with Crippen molar-refractivity contribution in [2.24, 2.45) is 11.8 Å². The fourth-order valence-electron chi connectivity index (χ4n) is 2.13. The van der Waals surface area contributed by atoms with Gasteiger partial charge in [-0.15, -0.1) is 0 Å². The Balaban J connectivity index is 1.71. The van der Waals surface area contributed by atoms with Gasteiger partial charge in [0.25, 0.3) is 0 Å². The van der Waals surface area contributed by atoms with E-state index < -0.39 is 5.97 Å². The van der Waals surface area contributed by atoms with Gasteiger partial charge in [0, 0.05) is 25.9 Å². The van der Waals surface area contributed by atoms with Crippen molar-refractivity contribution in [3.05, 3.63) is 0 Å². The lowest BCUT2D eigenvalue weighted by molar-refractivity contribution is -0.137. The molecule has 6 nitrogen and oxygen atoms in total. The van der Waals surface area contributed by atoms with Crippen LogP contribution in [-0.4, -0.2) is 41.0 Å². The van der Waals surface area contributed by atoms with Gasteiger partial charge in [0.1, 0.15) is 0 Å². The number of hydrogen-bond acceptors (Lipinski definition) is 3. The molecule has 2 fully saturated rings. The number of amides is 3. The van der Waals surface area contributed by atoms with Crippen molar-refractivity contribution in [1.82, 2.24) is 10.2 Å². The summed E-state index contributed by atoms with van der Waals surface area (Å²) in [7, 11) is 0. The van der Waals surface area contributed by atoms with Gasteiger partial charge >= 0.3 is 12.0 Å². The Morgan fingerprint density at radius 2 is 1.55 bits per heavy atom. The maximum absolute atomic E-state index is 12.1. The van der Waals surface area contributed by atoms with Crippen molar-refractivity contribution < 1.29 is 19.5 Å². The number of carboxylic acid groups (broad SMARTS) is 1. The van der Waals surface area contributed by atoms with E-state index in [1.54, 1.807) is 4.90 Å². The lowest BCUT2D eigenvalue weighted by Gasteiger charge is -2.22. The van der Waals surface area contributed by atoms with Crippen LogP contribution in [-0.2, 0) is 9.59 Å². The second-order valence-corrected chi connectivity index (χ2v) is 5.89. The summed E-state index contributed by atoms with van der Waals surface area (Å²) in [5, 5.41) is 10.9. The molecule has 0 spiro atoms. The lowest BCUT2D eigenvalue weighted by Crippen LogP contribution is -2.44. The molecule has 20 heavy (non-hydrogen) atoms. The maximum Gasteiger partial charge on any atom is 0.324 e. The highest BCUT2D eigenvalue weighted by Gasteiger charge is 2.31. The van der Waals surface area contributed by atoms with Crippen molar-refractivity contribution in [3.63, 3.8) is 0 Å². The number of carbonyl (C=O) groups excluding carboxylic acids is 2. The van der Waals surface area contributed by atoms with Crippen LogP contribution in [0.1, 0.15) is 44.9 Å². The van der Waals surface area contributed by atoms with Crippen LogP contribution in [0.15, 0.2) is 0 Å². The molecule has 112 valence electrons. The van der Waals surface area contributed by atoms with Crippen molar-refractivity contribution in [2.45, 2.75) is 44.9 Å². The van der Waals surface area contributed by atoms with E-state index >= 15 is 0 Å². The van der Waals surface area contributed by atoms with Gasteiger partial charge in [0.15, 0.2) is 0 Å². The Morgan fingerprint density at radius 1 is 1.00 bits per heavy atom. The summed E-state index contributed by atoms with van der Waals surface area (Å²) in [6.07, 6.45) is 4.97. The largest absolute Gasteiger partial charge is 0.481 e. The van der Waals surface area contributed by atoms with E-state index in [-0.39, 0.29) is 31.2 Å². The Hall–Kier alpha value is -1.59. The summed E-state index contributed by atoms with van der Waals surface area (Å²) < 4.78 is 0. The molecule has 2 aliphatic rings. The van der Waals surface area contributed by atoms with Gasteiger partial charge in [0.2, 0.25) is 5.91 Å². The number of rotatable bonds is 8. The molecule has 0 heterocycles. The molecule has 0 aromatic rings. The highest BCUT2D eigenvalue weighted by atomic mass is 16.4. The van der Waals surface area contributed by atoms with Crippen molar-refractivity contribution in [3.8, 4) is 0 Å². The van der Waals surface area contributed by atoms with Crippen LogP contribution in [0.5, 0.6) is 0 Å². The van der Waals surface area contributed by atoms with Crippen molar-refractivity contribution in [1.29, 1.82) is 0 Å². The minimum absolute atomic E-state index is 0.0462. The third-order valence-electron chi connectivity index (χ3n) is 3.68. The summed E-state index contributed by atoms with van der Waals surface area (Å²) in [6, 6.07) is -0.316. The SMILES string of the molecule is O=C(O)CCCC(=O)NC(=O)N(CC1CC1)CC1CC1. The second-order valence-electron chi connectivity index (χ2n) is 5.89. The Kier molecular flexibility index (Phi) is 4.98. The van der Waals surface area contributed by atoms with E-state index in [9.17, 15) is 14.4 Å². The number of nitrogens with one attached hydrogen (secondary N) is 1. The van der Waals surface area contributed by atoms with Crippen LogP contribution < -0.4 is 5.32 Å². The molecule has 6 heteroatoms. The zero-order valence-corrected chi connectivity index (χ0v) is 11.6. The summed E-state index contributed by atoms with van der Waals surface area (Å²) >= 11 is 0. The highest BCUT2D eigenvalue weighted by Crippen LogP contribution is 2.33. The molecule has 0 aromatic heterocycles. The molecule has 0 aliphatic heterocycles. The topological polar surface area (TPSA) is 86.7 Å². The van der Waals surface area contributed by atoms with Crippen LogP contribution >= 0.6 is 0 Å². The number of imide groups is 1. The first kappa shape index (κ1) is 14.8. The summed E-state index contributed by atoms with van der Waals surface area (Å²) in [4.78, 5) is 35.8. The molecule has 2 N–H and O–H groups in total. The molecule has 2 aliphatic carbocycles. The van der Waals surface area contributed by atoms with Gasteiger partial charge in [-0.25, -0.2) is 4.79 Å². The lowest BCUT2D eigenvalue weighted by atomic mass is 10.2. The number of hydrogen-bond donors (Lipinski definition) is 2. The van der Waals surface area contributed by atoms with E-state index in [2.05, 4.69) is 5.32 Å². The number of carboxylic acids is 1. The average molecular weight is 282 g/mol. The quantitative estimate of drug-likeness (QED) is 0.708. The Bertz CT molecular complexity index is 375. The standard InChI is InChI=1S/C14H22N2O4/c17-12(2-1-3-13(18)19)15-14(20)16(8-10-4-5-10)9-11-6-7-11/h10-11H,1-9H2,(H,18,19)(H,15,17,20). The zero-order valence-electron chi connectivity index (χ0n) is 11.6. The van der Waals surface area contributed by atoms with Crippen molar-refractivity contribution in [2.75, 3.05) is 13.1 Å². The first-order valence-corrected chi connectivity index (χ1v) is 7.35. The van der Waals surface area contributed by atoms with Gasteiger partial charge in [-0.05, 0) is 43.9 Å². The Labute approximate surface area is 118 Å². The Morgan fingerprint density at radius 3 is 2.00 bits per heavy atom. The van der Waals surface area contributed by atoms with E-state index in [1.165, 1.54) is 25.7 Å². The number of urea groups is 1. The maximum atomic E-state index is 12.1. The summed E-state index contributed by atoms with van der Waals surface area (Å²) in [6.45, 7) is 1.48. The molecule has 0 radical (unpaired) electrons. The fraction of sp³-hybridized carbons (Fsp3) is 0.786. The molecule has 0 unspecified atom stereocenters. The number of carbonyl (C=O) groups is 3. The van der Waals surface area contributed by atoms with Gasteiger partial charge in [-0.1, -0.05) is 0 Å². The molecular formula is C14H22N2O4. The second kappa shape index (κ2) is 6.72.